The van der Waals surface area contributed by atoms with E-state index in [-0.39, 0.29) is 11.7 Å². The Balaban J connectivity index is 1.94. The third kappa shape index (κ3) is 4.14. The summed E-state index contributed by atoms with van der Waals surface area (Å²) in [7, 11) is 1.64. The van der Waals surface area contributed by atoms with E-state index in [0.29, 0.717) is 13.2 Å². The van der Waals surface area contributed by atoms with E-state index in [1.165, 1.54) is 17.3 Å². The van der Waals surface area contributed by atoms with Gasteiger partial charge in [0.05, 0.1) is 37.0 Å². The van der Waals surface area contributed by atoms with Gasteiger partial charge in [0.1, 0.15) is 5.75 Å². The number of benzene rings is 2. The molecule has 3 aromatic rings. The summed E-state index contributed by atoms with van der Waals surface area (Å²) in [5.74, 6) is 0.769. The fourth-order valence-corrected chi connectivity index (χ4v) is 3.38. The molecule has 1 heterocycles. The molecule has 3 rings (SSSR count). The molecule has 0 bridgehead atoms. The van der Waals surface area contributed by atoms with Crippen molar-refractivity contribution in [3.63, 3.8) is 0 Å². The Morgan fingerprint density at radius 3 is 2.72 bits per heavy atom. The van der Waals surface area contributed by atoms with Crippen molar-refractivity contribution in [2.75, 3.05) is 19.5 Å². The molecule has 0 radical (unpaired) electrons. The molecule has 0 amide bonds. The SMILES string of the molecule is CCOC(=O)CSc1nc2cc(OC)ccc2n1Cc1ccccc1. The van der Waals surface area contributed by atoms with Gasteiger partial charge in [-0.2, -0.15) is 0 Å². The Hall–Kier alpha value is -2.47. The molecule has 0 aliphatic carbocycles. The second-order valence-electron chi connectivity index (χ2n) is 5.41. The molecule has 0 aliphatic rings. The summed E-state index contributed by atoms with van der Waals surface area (Å²) in [6, 6.07) is 16.0. The van der Waals surface area contributed by atoms with Crippen LogP contribution in [0.25, 0.3) is 11.0 Å². The predicted octanol–water partition coefficient (Wildman–Crippen LogP) is 3.75. The molecule has 25 heavy (non-hydrogen) atoms. The molecule has 2 aromatic carbocycles. The van der Waals surface area contributed by atoms with Gasteiger partial charge >= 0.3 is 5.97 Å². The van der Waals surface area contributed by atoms with Crippen molar-refractivity contribution in [1.29, 1.82) is 0 Å². The molecule has 0 unspecified atom stereocenters. The van der Waals surface area contributed by atoms with Gasteiger partial charge in [0.2, 0.25) is 0 Å². The number of nitrogens with zero attached hydrogens (tertiary/aromatic N) is 2. The van der Waals surface area contributed by atoms with Gasteiger partial charge < -0.3 is 14.0 Å². The van der Waals surface area contributed by atoms with Crippen molar-refractivity contribution in [2.45, 2.75) is 18.6 Å². The molecule has 6 heteroatoms. The van der Waals surface area contributed by atoms with Crippen LogP contribution in [0.4, 0.5) is 0 Å². The molecule has 0 N–H and O–H groups in total. The van der Waals surface area contributed by atoms with Crippen molar-refractivity contribution in [3.8, 4) is 5.75 Å². The van der Waals surface area contributed by atoms with Gasteiger partial charge in [-0.25, -0.2) is 4.98 Å². The number of hydrogen-bond acceptors (Lipinski definition) is 5. The average molecular weight is 356 g/mol. The van der Waals surface area contributed by atoms with Crippen molar-refractivity contribution in [3.05, 3.63) is 54.1 Å². The van der Waals surface area contributed by atoms with E-state index in [1.54, 1.807) is 14.0 Å². The molecule has 0 atom stereocenters. The van der Waals surface area contributed by atoms with Crippen molar-refractivity contribution in [1.82, 2.24) is 9.55 Å². The number of carbonyl (C=O) groups excluding carboxylic acids is 1. The molecule has 0 spiro atoms. The van der Waals surface area contributed by atoms with Crippen LogP contribution in [0.1, 0.15) is 12.5 Å². The standard InChI is InChI=1S/C19H20N2O3S/c1-3-24-18(22)13-25-19-20-16-11-15(23-2)9-10-17(16)21(19)12-14-7-5-4-6-8-14/h4-11H,3,12-13H2,1-2H3. The minimum Gasteiger partial charge on any atom is -0.497 e. The average Bonchev–Trinajstić information content (AvgIpc) is 2.98. The number of carbonyl (C=O) groups is 1. The van der Waals surface area contributed by atoms with Gasteiger partial charge in [-0.05, 0) is 24.6 Å². The van der Waals surface area contributed by atoms with Crippen LogP contribution in [-0.4, -0.2) is 35.0 Å². The van der Waals surface area contributed by atoms with Crippen molar-refractivity contribution in [2.24, 2.45) is 0 Å². The second-order valence-corrected chi connectivity index (χ2v) is 6.36. The van der Waals surface area contributed by atoms with Crippen LogP contribution in [0.15, 0.2) is 53.7 Å². The molecular formula is C19H20N2O3S. The van der Waals surface area contributed by atoms with Crippen molar-refractivity contribution < 1.29 is 14.3 Å². The zero-order valence-electron chi connectivity index (χ0n) is 14.3. The fraction of sp³-hybridized carbons (Fsp3) is 0.263. The van der Waals surface area contributed by atoms with Gasteiger partial charge in [-0.15, -0.1) is 0 Å². The highest BCUT2D eigenvalue weighted by Crippen LogP contribution is 2.28. The number of thioether (sulfide) groups is 1. The van der Waals surface area contributed by atoms with Gasteiger partial charge in [0, 0.05) is 6.07 Å². The number of aromatic nitrogens is 2. The normalized spacial score (nSPS) is 10.8. The summed E-state index contributed by atoms with van der Waals surface area (Å²) >= 11 is 1.39. The minimum atomic E-state index is -0.233. The number of rotatable bonds is 7. The lowest BCUT2D eigenvalue weighted by Gasteiger charge is -2.09. The van der Waals surface area contributed by atoms with Gasteiger partial charge in [0.15, 0.2) is 5.16 Å². The number of esters is 1. The topological polar surface area (TPSA) is 53.4 Å². The lowest BCUT2D eigenvalue weighted by atomic mass is 10.2. The third-order valence-corrected chi connectivity index (χ3v) is 4.68. The smallest absolute Gasteiger partial charge is 0.316 e. The molecule has 5 nitrogen and oxygen atoms in total. The first-order valence-electron chi connectivity index (χ1n) is 8.08. The van der Waals surface area contributed by atoms with Crippen molar-refractivity contribution >= 4 is 28.8 Å². The summed E-state index contributed by atoms with van der Waals surface area (Å²) in [5.41, 5.74) is 3.04. The van der Waals surface area contributed by atoms with E-state index in [9.17, 15) is 4.79 Å². The van der Waals surface area contributed by atoms with Crippen LogP contribution >= 0.6 is 11.8 Å². The van der Waals surface area contributed by atoms with Crippen LogP contribution in [0.3, 0.4) is 0 Å². The van der Waals surface area contributed by atoms with E-state index in [0.717, 1.165) is 21.9 Å². The summed E-state index contributed by atoms with van der Waals surface area (Å²) < 4.78 is 12.4. The zero-order valence-corrected chi connectivity index (χ0v) is 15.1. The third-order valence-electron chi connectivity index (χ3n) is 3.73. The van der Waals surface area contributed by atoms with E-state index in [2.05, 4.69) is 21.7 Å². The molecular weight excluding hydrogens is 336 g/mol. The number of imidazole rings is 1. The lowest BCUT2D eigenvalue weighted by molar-refractivity contribution is -0.139. The van der Waals surface area contributed by atoms with Gasteiger partial charge in [0.25, 0.3) is 0 Å². The number of hydrogen-bond donors (Lipinski definition) is 0. The maximum absolute atomic E-state index is 11.7. The number of ether oxygens (including phenoxy) is 2. The van der Waals surface area contributed by atoms with E-state index < -0.39 is 0 Å². The summed E-state index contributed by atoms with van der Waals surface area (Å²) in [4.78, 5) is 16.4. The summed E-state index contributed by atoms with van der Waals surface area (Å²) in [6.07, 6.45) is 0. The first-order chi connectivity index (χ1) is 12.2. The molecule has 0 saturated heterocycles. The minimum absolute atomic E-state index is 0.233. The largest absolute Gasteiger partial charge is 0.497 e. The lowest BCUT2D eigenvalue weighted by Crippen LogP contribution is -2.08. The second kappa shape index (κ2) is 8.07. The van der Waals surface area contributed by atoms with E-state index in [1.807, 2.05) is 36.4 Å². The highest BCUT2D eigenvalue weighted by Gasteiger charge is 2.14. The highest BCUT2D eigenvalue weighted by atomic mass is 32.2. The quantitative estimate of drug-likeness (QED) is 0.477. The first kappa shape index (κ1) is 17.4. The summed E-state index contributed by atoms with van der Waals surface area (Å²) in [6.45, 7) is 2.88. The van der Waals surface area contributed by atoms with Crippen LogP contribution in [0, 0.1) is 0 Å². The first-order valence-corrected chi connectivity index (χ1v) is 9.06. The van der Waals surface area contributed by atoms with E-state index >= 15 is 0 Å². The van der Waals surface area contributed by atoms with Crippen LogP contribution < -0.4 is 4.74 Å². The molecule has 0 aliphatic heterocycles. The Bertz CT molecular complexity index is 862. The maximum atomic E-state index is 11.7. The Morgan fingerprint density at radius 2 is 2.00 bits per heavy atom. The molecule has 1 aromatic heterocycles. The van der Waals surface area contributed by atoms with Gasteiger partial charge in [-0.1, -0.05) is 42.1 Å². The summed E-state index contributed by atoms with van der Waals surface area (Å²) in [5, 5.41) is 0.792. The zero-order chi connectivity index (χ0) is 17.6. The molecule has 0 fully saturated rings. The Morgan fingerprint density at radius 1 is 1.20 bits per heavy atom. The van der Waals surface area contributed by atoms with E-state index in [4.69, 9.17) is 9.47 Å². The van der Waals surface area contributed by atoms with Gasteiger partial charge in [-0.3, -0.25) is 4.79 Å². The predicted molar refractivity (Wildman–Crippen MR) is 99.2 cm³/mol. The number of fused-ring (bicyclic) bond motifs is 1. The maximum Gasteiger partial charge on any atom is 0.316 e. The van der Waals surface area contributed by atoms with Crippen LogP contribution in [0.2, 0.25) is 0 Å². The van der Waals surface area contributed by atoms with Crippen LogP contribution in [0.5, 0.6) is 5.75 Å². The number of methoxy groups -OCH3 is 1. The molecule has 130 valence electrons. The Labute approximate surface area is 151 Å². The Kier molecular flexibility index (Phi) is 5.60. The van der Waals surface area contributed by atoms with Crippen LogP contribution in [-0.2, 0) is 16.1 Å². The molecule has 0 saturated carbocycles. The monoisotopic (exact) mass is 356 g/mol. The fourth-order valence-electron chi connectivity index (χ4n) is 2.57. The highest BCUT2D eigenvalue weighted by molar-refractivity contribution is 7.99.